The predicted molar refractivity (Wildman–Crippen MR) is 76.8 cm³/mol. The first-order valence-electron chi connectivity index (χ1n) is 6.24. The number of H-pyrrole nitrogens is 1. The fraction of sp³-hybridized carbons (Fsp3) is 0.143. The Morgan fingerprint density at radius 2 is 2.21 bits per heavy atom. The van der Waals surface area contributed by atoms with Crippen LogP contribution in [0, 0.1) is 0 Å². The number of hydrogen-bond acceptors (Lipinski definition) is 4. The lowest BCUT2D eigenvalue weighted by Crippen LogP contribution is -1.98. The molecule has 0 radical (unpaired) electrons. The van der Waals surface area contributed by atoms with Gasteiger partial charge in [-0.2, -0.15) is 0 Å². The SMILES string of the molecule is c1ccc(Nc2nc3c(s2)CCc2c[nH]cc2-3)nc1. The molecule has 0 aliphatic heterocycles. The number of aryl methyl sites for hydroxylation is 2. The van der Waals surface area contributed by atoms with Gasteiger partial charge in [0.25, 0.3) is 0 Å². The maximum absolute atomic E-state index is 4.71. The van der Waals surface area contributed by atoms with Crippen molar-refractivity contribution in [2.45, 2.75) is 12.8 Å². The van der Waals surface area contributed by atoms with E-state index in [1.807, 2.05) is 24.4 Å². The molecule has 5 heteroatoms. The second-order valence-electron chi connectivity index (χ2n) is 4.53. The molecule has 2 N–H and O–H groups in total. The van der Waals surface area contributed by atoms with E-state index in [4.69, 9.17) is 4.98 Å². The van der Waals surface area contributed by atoms with E-state index in [-0.39, 0.29) is 0 Å². The van der Waals surface area contributed by atoms with Crippen LogP contribution < -0.4 is 5.32 Å². The summed E-state index contributed by atoms with van der Waals surface area (Å²) in [6.07, 6.45) is 8.06. The molecule has 1 aliphatic carbocycles. The summed E-state index contributed by atoms with van der Waals surface area (Å²) in [5.74, 6) is 0.836. The van der Waals surface area contributed by atoms with Crippen molar-refractivity contribution in [1.29, 1.82) is 0 Å². The van der Waals surface area contributed by atoms with Crippen molar-refractivity contribution in [1.82, 2.24) is 15.0 Å². The Morgan fingerprint density at radius 1 is 1.21 bits per heavy atom. The van der Waals surface area contributed by atoms with E-state index in [1.165, 1.54) is 16.0 Å². The predicted octanol–water partition coefficient (Wildman–Crippen LogP) is 3.38. The summed E-state index contributed by atoms with van der Waals surface area (Å²) in [5, 5.41) is 4.18. The number of nitrogens with zero attached hydrogens (tertiary/aromatic N) is 2. The van der Waals surface area contributed by atoms with Crippen molar-refractivity contribution in [3.63, 3.8) is 0 Å². The minimum Gasteiger partial charge on any atom is -0.367 e. The van der Waals surface area contributed by atoms with E-state index in [1.54, 1.807) is 17.5 Å². The minimum absolute atomic E-state index is 0.836. The quantitative estimate of drug-likeness (QED) is 0.749. The molecular formula is C14H12N4S. The highest BCUT2D eigenvalue weighted by Crippen LogP contribution is 2.38. The van der Waals surface area contributed by atoms with E-state index >= 15 is 0 Å². The molecule has 19 heavy (non-hydrogen) atoms. The monoisotopic (exact) mass is 268 g/mol. The summed E-state index contributed by atoms with van der Waals surface area (Å²) in [6, 6.07) is 5.82. The van der Waals surface area contributed by atoms with E-state index in [0.717, 1.165) is 29.5 Å². The highest BCUT2D eigenvalue weighted by Gasteiger charge is 2.21. The lowest BCUT2D eigenvalue weighted by molar-refractivity contribution is 0.960. The van der Waals surface area contributed by atoms with E-state index in [2.05, 4.69) is 21.5 Å². The van der Waals surface area contributed by atoms with Gasteiger partial charge in [0.15, 0.2) is 5.13 Å². The number of anilines is 2. The Morgan fingerprint density at radius 3 is 3.11 bits per heavy atom. The van der Waals surface area contributed by atoms with Crippen LogP contribution in [-0.4, -0.2) is 15.0 Å². The lowest BCUT2D eigenvalue weighted by Gasteiger charge is -2.08. The molecule has 4 nitrogen and oxygen atoms in total. The Hall–Kier alpha value is -2.14. The van der Waals surface area contributed by atoms with Crippen LogP contribution in [0.3, 0.4) is 0 Å². The zero-order valence-corrected chi connectivity index (χ0v) is 11.0. The van der Waals surface area contributed by atoms with Gasteiger partial charge in [0.1, 0.15) is 5.82 Å². The van der Waals surface area contributed by atoms with Gasteiger partial charge in [0, 0.05) is 29.0 Å². The molecule has 0 bridgehead atoms. The lowest BCUT2D eigenvalue weighted by atomic mass is 9.98. The first-order valence-corrected chi connectivity index (χ1v) is 7.05. The molecule has 94 valence electrons. The second-order valence-corrected chi connectivity index (χ2v) is 5.61. The molecule has 0 fully saturated rings. The third kappa shape index (κ3) is 1.82. The Balaban J connectivity index is 1.71. The molecule has 0 saturated carbocycles. The maximum Gasteiger partial charge on any atom is 0.189 e. The summed E-state index contributed by atoms with van der Waals surface area (Å²) in [4.78, 5) is 13.5. The van der Waals surface area contributed by atoms with Crippen molar-refractivity contribution in [2.75, 3.05) is 5.32 Å². The Bertz CT molecular complexity index is 714. The van der Waals surface area contributed by atoms with Crippen LogP contribution >= 0.6 is 11.3 Å². The highest BCUT2D eigenvalue weighted by atomic mass is 32.1. The van der Waals surface area contributed by atoms with Gasteiger partial charge < -0.3 is 10.3 Å². The van der Waals surface area contributed by atoms with Gasteiger partial charge in [0.2, 0.25) is 0 Å². The molecule has 0 unspecified atom stereocenters. The molecule has 0 saturated heterocycles. The van der Waals surface area contributed by atoms with Crippen LogP contribution in [-0.2, 0) is 12.8 Å². The average molecular weight is 268 g/mol. The summed E-state index contributed by atoms with van der Waals surface area (Å²) in [6.45, 7) is 0. The van der Waals surface area contributed by atoms with Crippen LogP contribution in [0.5, 0.6) is 0 Å². The number of thiazole rings is 1. The number of aromatic nitrogens is 3. The zero-order valence-electron chi connectivity index (χ0n) is 10.2. The van der Waals surface area contributed by atoms with Crippen molar-refractivity contribution < 1.29 is 0 Å². The second kappa shape index (κ2) is 4.20. The number of fused-ring (bicyclic) bond motifs is 3. The Labute approximate surface area is 114 Å². The van der Waals surface area contributed by atoms with Crippen LogP contribution in [0.25, 0.3) is 11.3 Å². The van der Waals surface area contributed by atoms with Crippen LogP contribution in [0.4, 0.5) is 10.9 Å². The van der Waals surface area contributed by atoms with Crippen molar-refractivity contribution >= 4 is 22.3 Å². The van der Waals surface area contributed by atoms with Crippen molar-refractivity contribution in [3.8, 4) is 11.3 Å². The summed E-state index contributed by atoms with van der Waals surface area (Å²) < 4.78 is 0. The fourth-order valence-corrected chi connectivity index (χ4v) is 3.39. The van der Waals surface area contributed by atoms with Crippen LogP contribution in [0.2, 0.25) is 0 Å². The average Bonchev–Trinajstić information content (AvgIpc) is 3.04. The molecule has 0 amide bonds. The molecule has 1 aliphatic rings. The van der Waals surface area contributed by atoms with Gasteiger partial charge in [-0.15, -0.1) is 11.3 Å². The first kappa shape index (κ1) is 10.8. The minimum atomic E-state index is 0.836. The van der Waals surface area contributed by atoms with E-state index < -0.39 is 0 Å². The zero-order chi connectivity index (χ0) is 12.7. The summed E-state index contributed by atoms with van der Waals surface area (Å²) in [5.41, 5.74) is 3.72. The third-order valence-corrected chi connectivity index (χ3v) is 4.34. The van der Waals surface area contributed by atoms with Crippen LogP contribution in [0.1, 0.15) is 10.4 Å². The van der Waals surface area contributed by atoms with E-state index in [9.17, 15) is 0 Å². The third-order valence-electron chi connectivity index (χ3n) is 3.30. The van der Waals surface area contributed by atoms with Gasteiger partial charge in [-0.1, -0.05) is 6.07 Å². The van der Waals surface area contributed by atoms with Crippen LogP contribution in [0.15, 0.2) is 36.8 Å². The number of nitrogens with one attached hydrogen (secondary N) is 2. The maximum atomic E-state index is 4.71. The molecule has 4 rings (SSSR count). The standard InChI is InChI=1S/C14H12N4S/c1-2-6-16-12(3-1)17-14-18-13-10-8-15-7-9(10)4-5-11(13)19-14/h1-3,6-8,15H,4-5H2,(H,16,17,18). The summed E-state index contributed by atoms with van der Waals surface area (Å²) >= 11 is 1.72. The largest absolute Gasteiger partial charge is 0.367 e. The van der Waals surface area contributed by atoms with Crippen molar-refractivity contribution in [2.24, 2.45) is 0 Å². The topological polar surface area (TPSA) is 53.6 Å². The molecule has 3 aromatic heterocycles. The van der Waals surface area contributed by atoms with Gasteiger partial charge in [0.05, 0.1) is 5.69 Å². The van der Waals surface area contributed by atoms with Gasteiger partial charge in [-0.05, 0) is 30.5 Å². The molecular weight excluding hydrogens is 256 g/mol. The van der Waals surface area contributed by atoms with Gasteiger partial charge in [-0.3, -0.25) is 0 Å². The number of rotatable bonds is 2. The molecule has 3 heterocycles. The first-order chi connectivity index (χ1) is 9.40. The smallest absolute Gasteiger partial charge is 0.189 e. The summed E-state index contributed by atoms with van der Waals surface area (Å²) in [7, 11) is 0. The number of pyridine rings is 1. The molecule has 3 aromatic rings. The molecule has 0 spiro atoms. The highest BCUT2D eigenvalue weighted by molar-refractivity contribution is 7.16. The normalized spacial score (nSPS) is 12.8. The van der Waals surface area contributed by atoms with Crippen molar-refractivity contribution in [3.05, 3.63) is 47.2 Å². The van der Waals surface area contributed by atoms with Gasteiger partial charge >= 0.3 is 0 Å². The fourth-order valence-electron chi connectivity index (χ4n) is 2.40. The molecule has 0 aromatic carbocycles. The Kier molecular flexibility index (Phi) is 2.38. The molecule has 0 atom stereocenters. The number of hydrogen-bond donors (Lipinski definition) is 2. The van der Waals surface area contributed by atoms with Gasteiger partial charge in [-0.25, -0.2) is 9.97 Å². The number of aromatic amines is 1. The van der Waals surface area contributed by atoms with E-state index in [0.29, 0.717) is 0 Å².